The quantitative estimate of drug-likeness (QED) is 0.152. The summed E-state index contributed by atoms with van der Waals surface area (Å²) in [5.41, 5.74) is 2.62. The molecule has 0 bridgehead atoms. The van der Waals surface area contributed by atoms with E-state index in [1.807, 2.05) is 75.4 Å². The summed E-state index contributed by atoms with van der Waals surface area (Å²) in [4.78, 5) is 30.2. The topological polar surface area (TPSA) is 105 Å². The Bertz CT molecular complexity index is 1800. The average molecular weight is 737 g/mol. The maximum absolute atomic E-state index is 14.7. The van der Waals surface area contributed by atoms with E-state index in [9.17, 15) is 18.0 Å². The predicted octanol–water partition coefficient (Wildman–Crippen LogP) is 6.38. The van der Waals surface area contributed by atoms with Crippen LogP contribution in [0.15, 0.2) is 106 Å². The molecule has 4 aromatic carbocycles. The molecule has 1 N–H and O–H groups in total. The van der Waals surface area contributed by atoms with Gasteiger partial charge < -0.3 is 19.7 Å². The lowest BCUT2D eigenvalue weighted by atomic mass is 10.0. The van der Waals surface area contributed by atoms with Crippen molar-refractivity contribution in [2.24, 2.45) is 5.92 Å². The normalized spacial score (nSPS) is 11.9. The van der Waals surface area contributed by atoms with E-state index in [0.29, 0.717) is 12.3 Å². The van der Waals surface area contributed by atoms with Gasteiger partial charge in [-0.15, -0.1) is 0 Å². The van der Waals surface area contributed by atoms with Crippen LogP contribution in [0, 0.1) is 12.8 Å². The van der Waals surface area contributed by atoms with Gasteiger partial charge in [-0.05, 0) is 60.4 Å². The van der Waals surface area contributed by atoms with Gasteiger partial charge in [-0.3, -0.25) is 13.9 Å². The number of nitrogens with zero attached hydrogens (tertiary/aromatic N) is 2. The van der Waals surface area contributed by atoms with Gasteiger partial charge in [0.2, 0.25) is 11.8 Å². The van der Waals surface area contributed by atoms with E-state index in [4.69, 9.17) is 9.47 Å². The first-order chi connectivity index (χ1) is 22.9. The third-order valence-corrected chi connectivity index (χ3v) is 10.0. The molecule has 0 saturated heterocycles. The molecule has 0 spiro atoms. The minimum Gasteiger partial charge on any atom is -0.497 e. The van der Waals surface area contributed by atoms with Gasteiger partial charge in [0.1, 0.15) is 24.1 Å². The summed E-state index contributed by atoms with van der Waals surface area (Å²) in [6.45, 7) is 5.70. The number of hydrogen-bond donors (Lipinski definition) is 1. The Hall–Kier alpha value is -4.35. The van der Waals surface area contributed by atoms with Gasteiger partial charge in [-0.2, -0.15) is 0 Å². The third kappa shape index (κ3) is 9.38. The molecule has 48 heavy (non-hydrogen) atoms. The first-order valence-corrected chi connectivity index (χ1v) is 17.8. The SMILES string of the molecule is COc1ccc(OC)c(N(CC(=O)N(Cc2cccc(Br)c2)[C@@H](Cc2ccccc2)C(=O)NCC(C)C)S(=O)(=O)c2ccc(C)cc2)c1. The standard InChI is InChI=1S/C37H42BrN3O6S/c1-26(2)23-39-37(43)34(21-28-10-7-6-8-11-28)40(24-29-12-9-13-30(38)20-29)36(42)25-41(33-22-31(46-4)16-19-35(33)47-5)48(44,45)32-17-14-27(3)15-18-32/h6-20,22,26,34H,21,23-25H2,1-5H3,(H,39,43)/t34-/m0/s1. The highest BCUT2D eigenvalue weighted by Crippen LogP contribution is 2.36. The molecule has 254 valence electrons. The minimum atomic E-state index is -4.32. The van der Waals surface area contributed by atoms with Crippen LogP contribution in [0.25, 0.3) is 0 Å². The molecule has 11 heteroatoms. The van der Waals surface area contributed by atoms with Crippen molar-refractivity contribution in [3.63, 3.8) is 0 Å². The van der Waals surface area contributed by atoms with Gasteiger partial charge in [0.25, 0.3) is 10.0 Å². The second-order valence-corrected chi connectivity index (χ2v) is 14.6. The van der Waals surface area contributed by atoms with E-state index >= 15 is 0 Å². The molecule has 0 unspecified atom stereocenters. The maximum atomic E-state index is 14.7. The van der Waals surface area contributed by atoms with Crippen LogP contribution in [-0.2, 0) is 32.6 Å². The first-order valence-electron chi connectivity index (χ1n) is 15.6. The fourth-order valence-corrected chi connectivity index (χ4v) is 7.01. The first kappa shape index (κ1) is 36.5. The molecule has 0 aromatic heterocycles. The van der Waals surface area contributed by atoms with Crippen molar-refractivity contribution in [2.75, 3.05) is 31.6 Å². The molecular formula is C37H42BrN3O6S. The number of ether oxygens (including phenoxy) is 2. The molecular weight excluding hydrogens is 694 g/mol. The Morgan fingerprint density at radius 1 is 0.854 bits per heavy atom. The second-order valence-electron chi connectivity index (χ2n) is 11.9. The number of carbonyl (C=O) groups is 2. The highest BCUT2D eigenvalue weighted by Gasteiger charge is 2.36. The van der Waals surface area contributed by atoms with Crippen LogP contribution in [0.5, 0.6) is 11.5 Å². The molecule has 0 aliphatic heterocycles. The molecule has 2 amide bonds. The molecule has 4 aromatic rings. The lowest BCUT2D eigenvalue weighted by Crippen LogP contribution is -2.53. The van der Waals surface area contributed by atoms with Crippen LogP contribution in [0.2, 0.25) is 0 Å². The summed E-state index contributed by atoms with van der Waals surface area (Å²) < 4.78 is 41.7. The van der Waals surface area contributed by atoms with Gasteiger partial charge in [0, 0.05) is 30.0 Å². The van der Waals surface area contributed by atoms with Crippen LogP contribution < -0.4 is 19.1 Å². The van der Waals surface area contributed by atoms with Crippen LogP contribution in [0.3, 0.4) is 0 Å². The Labute approximate surface area is 292 Å². The number of rotatable bonds is 15. The number of benzene rings is 4. The van der Waals surface area contributed by atoms with Gasteiger partial charge >= 0.3 is 0 Å². The van der Waals surface area contributed by atoms with E-state index < -0.39 is 28.5 Å². The van der Waals surface area contributed by atoms with E-state index in [1.54, 1.807) is 24.3 Å². The molecule has 0 radical (unpaired) electrons. The number of methoxy groups -OCH3 is 2. The van der Waals surface area contributed by atoms with Crippen LogP contribution in [0.1, 0.15) is 30.5 Å². The lowest BCUT2D eigenvalue weighted by molar-refractivity contribution is -0.140. The third-order valence-electron chi connectivity index (χ3n) is 7.74. The molecule has 1 atom stereocenters. The van der Waals surface area contributed by atoms with Gasteiger partial charge in [-0.25, -0.2) is 8.42 Å². The number of aryl methyl sites for hydroxylation is 1. The fourth-order valence-electron chi connectivity index (χ4n) is 5.15. The number of carbonyl (C=O) groups excluding carboxylic acids is 2. The van der Waals surface area contributed by atoms with E-state index in [1.165, 1.54) is 37.3 Å². The second kappa shape index (κ2) is 16.7. The predicted molar refractivity (Wildman–Crippen MR) is 192 cm³/mol. The van der Waals surface area contributed by atoms with E-state index in [-0.39, 0.29) is 41.1 Å². The number of amides is 2. The molecule has 0 saturated carbocycles. The summed E-state index contributed by atoms with van der Waals surface area (Å²) in [7, 11) is -1.42. The highest BCUT2D eigenvalue weighted by atomic mass is 79.9. The lowest BCUT2D eigenvalue weighted by Gasteiger charge is -2.34. The number of nitrogens with one attached hydrogen (secondary N) is 1. The zero-order valence-corrected chi connectivity index (χ0v) is 30.3. The summed E-state index contributed by atoms with van der Waals surface area (Å²) in [6.07, 6.45) is 0.220. The Morgan fingerprint density at radius 2 is 1.54 bits per heavy atom. The van der Waals surface area contributed by atoms with Gasteiger partial charge in [0.05, 0.1) is 24.8 Å². The van der Waals surface area contributed by atoms with Crippen LogP contribution >= 0.6 is 15.9 Å². The summed E-state index contributed by atoms with van der Waals surface area (Å²) >= 11 is 3.51. The summed E-state index contributed by atoms with van der Waals surface area (Å²) in [5, 5.41) is 3.00. The Morgan fingerprint density at radius 3 is 2.17 bits per heavy atom. The van der Waals surface area contributed by atoms with Crippen molar-refractivity contribution < 1.29 is 27.5 Å². The number of sulfonamides is 1. The smallest absolute Gasteiger partial charge is 0.264 e. The molecule has 0 heterocycles. The highest BCUT2D eigenvalue weighted by molar-refractivity contribution is 9.10. The van der Waals surface area contributed by atoms with Crippen molar-refractivity contribution in [3.05, 3.63) is 118 Å². The van der Waals surface area contributed by atoms with Crippen LogP contribution in [-0.4, -0.2) is 58.5 Å². The van der Waals surface area contributed by atoms with Crippen molar-refractivity contribution in [2.45, 2.75) is 44.7 Å². The van der Waals surface area contributed by atoms with Crippen molar-refractivity contribution in [3.8, 4) is 11.5 Å². The molecule has 0 aliphatic rings. The molecule has 4 rings (SSSR count). The summed E-state index contributed by atoms with van der Waals surface area (Å²) in [6, 6.07) is 27.1. The van der Waals surface area contributed by atoms with Gasteiger partial charge in [0.15, 0.2) is 0 Å². The average Bonchev–Trinajstić information content (AvgIpc) is 3.07. The molecule has 0 fully saturated rings. The van der Waals surface area contributed by atoms with Crippen molar-refractivity contribution in [1.29, 1.82) is 0 Å². The number of halogens is 1. The monoisotopic (exact) mass is 735 g/mol. The Kier molecular flexibility index (Phi) is 12.7. The Balaban J connectivity index is 1.86. The molecule has 0 aliphatic carbocycles. The largest absolute Gasteiger partial charge is 0.497 e. The number of hydrogen-bond acceptors (Lipinski definition) is 6. The minimum absolute atomic E-state index is 0.000162. The number of anilines is 1. The van der Waals surface area contributed by atoms with E-state index in [0.717, 1.165) is 25.5 Å². The fraction of sp³-hybridized carbons (Fsp3) is 0.297. The zero-order chi connectivity index (χ0) is 34.8. The van der Waals surface area contributed by atoms with Crippen molar-refractivity contribution in [1.82, 2.24) is 10.2 Å². The van der Waals surface area contributed by atoms with E-state index in [2.05, 4.69) is 21.2 Å². The van der Waals surface area contributed by atoms with Gasteiger partial charge in [-0.1, -0.05) is 89.9 Å². The zero-order valence-electron chi connectivity index (χ0n) is 27.9. The molecule has 9 nitrogen and oxygen atoms in total. The van der Waals surface area contributed by atoms with Crippen LogP contribution in [0.4, 0.5) is 5.69 Å². The summed E-state index contributed by atoms with van der Waals surface area (Å²) in [5.74, 6) is -0.119. The van der Waals surface area contributed by atoms with Crippen molar-refractivity contribution >= 4 is 43.5 Å². The maximum Gasteiger partial charge on any atom is 0.264 e.